The van der Waals surface area contributed by atoms with Crippen LogP contribution < -0.4 is 4.90 Å². The number of halogens is 3. The Labute approximate surface area is 100 Å². The Hall–Kier alpha value is -0.880. The number of fused-ring (bicyclic) bond motifs is 1. The molecule has 0 saturated heterocycles. The topological polar surface area (TPSA) is 20.5 Å². The van der Waals surface area contributed by atoms with Gasteiger partial charge in [0.2, 0.25) is 0 Å². The molecule has 0 aliphatic rings. The number of rotatable bonds is 4. The normalized spacial score (nSPS) is 11.6. The summed E-state index contributed by atoms with van der Waals surface area (Å²) in [5, 5.41) is 1.88. The van der Waals surface area contributed by atoms with E-state index in [2.05, 4.69) is 4.98 Å². The number of hydrogen-bond donors (Lipinski definition) is 0. The second-order valence-corrected chi connectivity index (χ2v) is 4.48. The van der Waals surface area contributed by atoms with Gasteiger partial charge in [0.25, 0.3) is 6.43 Å². The van der Waals surface area contributed by atoms with Gasteiger partial charge in [-0.1, -0.05) is 0 Å². The zero-order valence-electron chi connectivity index (χ0n) is 8.53. The van der Waals surface area contributed by atoms with Crippen molar-refractivity contribution in [3.05, 3.63) is 17.3 Å². The zero-order chi connectivity index (χ0) is 11.7. The fraction of sp³-hybridized carbons (Fsp3) is 0.444. The fourth-order valence-electron chi connectivity index (χ4n) is 1.54. The molecule has 2 heterocycles. The van der Waals surface area contributed by atoms with Crippen LogP contribution in [0.15, 0.2) is 11.6 Å². The van der Waals surface area contributed by atoms with E-state index in [9.17, 15) is 8.78 Å². The van der Waals surface area contributed by atoms with Gasteiger partial charge in [-0.05, 0) is 0 Å². The van der Waals surface area contributed by atoms with Gasteiger partial charge in [-0.25, -0.2) is 13.8 Å². The summed E-state index contributed by atoms with van der Waals surface area (Å²) in [6, 6.07) is 0. The third-order valence-corrected chi connectivity index (χ3v) is 3.25. The minimum atomic E-state index is -2.38. The summed E-state index contributed by atoms with van der Waals surface area (Å²) in [5.74, 6) is 0.781. The molecule has 0 unspecified atom stereocenters. The number of hydrogen-bond acceptors (Lipinski definition) is 3. The summed E-state index contributed by atoms with van der Waals surface area (Å²) >= 11 is 7.27. The molecular formula is C9H10ClF2N3S. The summed E-state index contributed by atoms with van der Waals surface area (Å²) in [6.45, 7) is -0.339. The molecule has 16 heavy (non-hydrogen) atoms. The van der Waals surface area contributed by atoms with E-state index in [1.807, 2.05) is 16.0 Å². The molecular weight excluding hydrogens is 256 g/mol. The molecule has 0 bridgehead atoms. The SMILES string of the molecule is CN(CC(F)F)c1nc2sccn2c1CCl. The second kappa shape index (κ2) is 4.55. The van der Waals surface area contributed by atoms with Gasteiger partial charge >= 0.3 is 0 Å². The lowest BCUT2D eigenvalue weighted by molar-refractivity contribution is 0.156. The highest BCUT2D eigenvalue weighted by Crippen LogP contribution is 2.25. The van der Waals surface area contributed by atoms with Crippen molar-refractivity contribution < 1.29 is 8.78 Å². The van der Waals surface area contributed by atoms with Gasteiger partial charge in [0.05, 0.1) is 18.1 Å². The summed E-state index contributed by atoms with van der Waals surface area (Å²) < 4.78 is 26.4. The maximum atomic E-state index is 12.3. The number of nitrogens with zero attached hydrogens (tertiary/aromatic N) is 3. The monoisotopic (exact) mass is 265 g/mol. The molecule has 0 spiro atoms. The van der Waals surface area contributed by atoms with Crippen LogP contribution in [-0.4, -0.2) is 29.4 Å². The largest absolute Gasteiger partial charge is 0.352 e. The second-order valence-electron chi connectivity index (χ2n) is 3.34. The molecule has 7 heteroatoms. The molecule has 0 N–H and O–H groups in total. The molecule has 2 rings (SSSR count). The molecule has 2 aromatic rings. The number of imidazole rings is 1. The Morgan fingerprint density at radius 2 is 2.38 bits per heavy atom. The van der Waals surface area contributed by atoms with Crippen LogP contribution in [0.3, 0.4) is 0 Å². The van der Waals surface area contributed by atoms with Crippen molar-refractivity contribution in [1.29, 1.82) is 0 Å². The highest BCUT2D eigenvalue weighted by molar-refractivity contribution is 7.15. The van der Waals surface area contributed by atoms with Crippen molar-refractivity contribution in [2.75, 3.05) is 18.5 Å². The Kier molecular flexibility index (Phi) is 3.30. The Morgan fingerprint density at radius 3 is 3.00 bits per heavy atom. The van der Waals surface area contributed by atoms with Gasteiger partial charge in [0.1, 0.15) is 0 Å². The van der Waals surface area contributed by atoms with Crippen LogP contribution in [0.4, 0.5) is 14.6 Å². The minimum Gasteiger partial charge on any atom is -0.352 e. The van der Waals surface area contributed by atoms with Crippen LogP contribution in [0, 0.1) is 0 Å². The lowest BCUT2D eigenvalue weighted by Gasteiger charge is -2.16. The van der Waals surface area contributed by atoms with E-state index < -0.39 is 6.43 Å². The number of anilines is 1. The van der Waals surface area contributed by atoms with Crippen LogP contribution in [0.2, 0.25) is 0 Å². The van der Waals surface area contributed by atoms with Crippen LogP contribution >= 0.6 is 22.9 Å². The van der Waals surface area contributed by atoms with Gasteiger partial charge in [-0.15, -0.1) is 22.9 Å². The van der Waals surface area contributed by atoms with E-state index >= 15 is 0 Å². The van der Waals surface area contributed by atoms with Crippen molar-refractivity contribution in [2.45, 2.75) is 12.3 Å². The lowest BCUT2D eigenvalue weighted by atomic mass is 10.4. The minimum absolute atomic E-state index is 0.251. The molecule has 0 fully saturated rings. The van der Waals surface area contributed by atoms with Gasteiger partial charge < -0.3 is 4.90 Å². The first-order valence-electron chi connectivity index (χ1n) is 4.63. The van der Waals surface area contributed by atoms with Crippen molar-refractivity contribution in [3.63, 3.8) is 0 Å². The predicted octanol–water partition coefficient (Wildman–Crippen LogP) is 2.84. The predicted molar refractivity (Wildman–Crippen MR) is 61.9 cm³/mol. The first kappa shape index (κ1) is 11.6. The molecule has 0 aromatic carbocycles. The molecule has 3 nitrogen and oxygen atoms in total. The highest BCUT2D eigenvalue weighted by atomic mass is 35.5. The summed E-state index contributed by atoms with van der Waals surface area (Å²) in [6.07, 6.45) is -0.544. The zero-order valence-corrected chi connectivity index (χ0v) is 10.1. The molecule has 2 aromatic heterocycles. The van der Waals surface area contributed by atoms with Gasteiger partial charge in [0.15, 0.2) is 10.8 Å². The van der Waals surface area contributed by atoms with Crippen LogP contribution in [-0.2, 0) is 5.88 Å². The molecule has 0 atom stereocenters. The van der Waals surface area contributed by atoms with E-state index in [-0.39, 0.29) is 12.4 Å². The average Bonchev–Trinajstić information content (AvgIpc) is 2.74. The lowest BCUT2D eigenvalue weighted by Crippen LogP contribution is -2.25. The fourth-order valence-corrected chi connectivity index (χ4v) is 2.52. The maximum absolute atomic E-state index is 12.3. The van der Waals surface area contributed by atoms with Crippen molar-refractivity contribution in [1.82, 2.24) is 9.38 Å². The average molecular weight is 266 g/mol. The molecule has 0 aliphatic carbocycles. The van der Waals surface area contributed by atoms with Gasteiger partial charge in [-0.2, -0.15) is 0 Å². The molecule has 0 amide bonds. The highest BCUT2D eigenvalue weighted by Gasteiger charge is 2.18. The quantitative estimate of drug-likeness (QED) is 0.793. The third kappa shape index (κ3) is 1.99. The van der Waals surface area contributed by atoms with Gasteiger partial charge in [0, 0.05) is 18.6 Å². The van der Waals surface area contributed by atoms with Crippen LogP contribution in [0.25, 0.3) is 4.96 Å². The van der Waals surface area contributed by atoms with E-state index in [1.54, 1.807) is 7.05 Å². The van der Waals surface area contributed by atoms with Crippen LogP contribution in [0.1, 0.15) is 5.69 Å². The van der Waals surface area contributed by atoms with Crippen LogP contribution in [0.5, 0.6) is 0 Å². The Bertz CT molecular complexity index is 482. The number of alkyl halides is 3. The first-order valence-corrected chi connectivity index (χ1v) is 6.04. The van der Waals surface area contributed by atoms with E-state index in [1.165, 1.54) is 16.2 Å². The Balaban J connectivity index is 2.38. The summed E-state index contributed by atoms with van der Waals surface area (Å²) in [4.78, 5) is 6.49. The van der Waals surface area contributed by atoms with Crippen molar-refractivity contribution >= 4 is 33.7 Å². The first-order chi connectivity index (χ1) is 7.63. The van der Waals surface area contributed by atoms with E-state index in [0.29, 0.717) is 5.82 Å². The van der Waals surface area contributed by atoms with E-state index in [4.69, 9.17) is 11.6 Å². The Morgan fingerprint density at radius 1 is 1.62 bits per heavy atom. The van der Waals surface area contributed by atoms with Gasteiger partial charge in [-0.3, -0.25) is 4.40 Å². The smallest absolute Gasteiger partial charge is 0.255 e. The summed E-state index contributed by atoms with van der Waals surface area (Å²) in [5.41, 5.74) is 0.751. The summed E-state index contributed by atoms with van der Waals surface area (Å²) in [7, 11) is 1.59. The molecule has 0 saturated carbocycles. The molecule has 0 radical (unpaired) electrons. The molecule has 0 aliphatic heterocycles. The van der Waals surface area contributed by atoms with E-state index in [0.717, 1.165) is 10.7 Å². The maximum Gasteiger partial charge on any atom is 0.255 e. The number of aromatic nitrogens is 2. The van der Waals surface area contributed by atoms with Crippen molar-refractivity contribution in [2.24, 2.45) is 0 Å². The third-order valence-electron chi connectivity index (χ3n) is 2.24. The molecule has 88 valence electrons. The number of thiazole rings is 1. The van der Waals surface area contributed by atoms with Crippen molar-refractivity contribution in [3.8, 4) is 0 Å². The standard InChI is InChI=1S/C9H10ClF2N3S/c1-14(5-7(11)12)8-6(4-10)15-2-3-16-9(15)13-8/h2-3,7H,4-5H2,1H3.